The second-order valence-electron chi connectivity index (χ2n) is 6.76. The molecule has 2 aliphatic heterocycles. The SMILES string of the molecule is CCN(CC(F)(F)F)C(=O)C1CCCN(CC2CCNCC2)C1.Cl. The normalized spacial score (nSPS) is 23.6. The molecule has 1 amide bonds. The molecule has 0 bridgehead atoms. The Morgan fingerprint density at radius 2 is 1.92 bits per heavy atom. The van der Waals surface area contributed by atoms with Crippen LogP contribution in [0.4, 0.5) is 13.2 Å². The van der Waals surface area contributed by atoms with Crippen LogP contribution < -0.4 is 5.32 Å². The predicted molar refractivity (Wildman–Crippen MR) is 90.3 cm³/mol. The van der Waals surface area contributed by atoms with Crippen LogP contribution in [-0.4, -0.2) is 67.7 Å². The number of hydrogen-bond donors (Lipinski definition) is 1. The lowest BCUT2D eigenvalue weighted by atomic mass is 9.93. The van der Waals surface area contributed by atoms with E-state index in [4.69, 9.17) is 0 Å². The van der Waals surface area contributed by atoms with Crippen molar-refractivity contribution in [3.8, 4) is 0 Å². The van der Waals surface area contributed by atoms with Gasteiger partial charge in [-0.3, -0.25) is 4.79 Å². The molecule has 2 heterocycles. The maximum absolute atomic E-state index is 12.6. The lowest BCUT2D eigenvalue weighted by Crippen LogP contribution is -2.48. The Kier molecular flexibility index (Phi) is 8.81. The summed E-state index contributed by atoms with van der Waals surface area (Å²) in [4.78, 5) is 15.7. The minimum absolute atomic E-state index is 0. The highest BCUT2D eigenvalue weighted by molar-refractivity contribution is 5.85. The summed E-state index contributed by atoms with van der Waals surface area (Å²) in [6, 6.07) is 0. The third-order valence-electron chi connectivity index (χ3n) is 4.89. The second-order valence-corrected chi connectivity index (χ2v) is 6.76. The first-order chi connectivity index (χ1) is 10.9. The molecule has 142 valence electrons. The number of rotatable bonds is 5. The molecule has 0 saturated carbocycles. The van der Waals surface area contributed by atoms with E-state index in [1.165, 1.54) is 0 Å². The largest absolute Gasteiger partial charge is 0.406 e. The predicted octanol–water partition coefficient (Wildman–Crippen LogP) is 2.53. The maximum atomic E-state index is 12.6. The van der Waals surface area contributed by atoms with Crippen molar-refractivity contribution in [1.82, 2.24) is 15.1 Å². The molecule has 4 nitrogen and oxygen atoms in total. The Morgan fingerprint density at radius 3 is 2.50 bits per heavy atom. The number of amides is 1. The Balaban J connectivity index is 0.00000288. The van der Waals surface area contributed by atoms with Gasteiger partial charge in [0.05, 0.1) is 5.92 Å². The zero-order chi connectivity index (χ0) is 16.9. The zero-order valence-electron chi connectivity index (χ0n) is 14.3. The number of likely N-dealkylation sites (tertiary alicyclic amines) is 1. The first-order valence-electron chi connectivity index (χ1n) is 8.67. The number of halogens is 4. The lowest BCUT2D eigenvalue weighted by Gasteiger charge is -2.37. The Bertz CT molecular complexity index is 389. The molecule has 0 aromatic rings. The molecule has 8 heteroatoms. The Labute approximate surface area is 148 Å². The first kappa shape index (κ1) is 21.5. The van der Waals surface area contributed by atoms with E-state index < -0.39 is 12.7 Å². The molecular weight excluding hydrogens is 343 g/mol. The summed E-state index contributed by atoms with van der Waals surface area (Å²) in [5, 5.41) is 3.34. The third kappa shape index (κ3) is 6.76. The summed E-state index contributed by atoms with van der Waals surface area (Å²) in [6.45, 7) is 5.20. The van der Waals surface area contributed by atoms with Crippen LogP contribution in [0.25, 0.3) is 0 Å². The number of nitrogens with zero attached hydrogens (tertiary/aromatic N) is 2. The highest BCUT2D eigenvalue weighted by atomic mass is 35.5. The molecule has 24 heavy (non-hydrogen) atoms. The zero-order valence-corrected chi connectivity index (χ0v) is 15.1. The van der Waals surface area contributed by atoms with E-state index in [1.807, 2.05) is 0 Å². The van der Waals surface area contributed by atoms with Gasteiger partial charge < -0.3 is 15.1 Å². The van der Waals surface area contributed by atoms with Gasteiger partial charge in [0.1, 0.15) is 6.54 Å². The topological polar surface area (TPSA) is 35.6 Å². The van der Waals surface area contributed by atoms with Gasteiger partial charge in [0.25, 0.3) is 0 Å². The van der Waals surface area contributed by atoms with Gasteiger partial charge in [-0.05, 0) is 58.2 Å². The van der Waals surface area contributed by atoms with Crippen LogP contribution in [-0.2, 0) is 4.79 Å². The Morgan fingerprint density at radius 1 is 1.25 bits per heavy atom. The molecule has 0 spiro atoms. The van der Waals surface area contributed by atoms with Crippen molar-refractivity contribution >= 4 is 18.3 Å². The van der Waals surface area contributed by atoms with Crippen molar-refractivity contribution < 1.29 is 18.0 Å². The first-order valence-corrected chi connectivity index (χ1v) is 8.67. The number of carbonyl (C=O) groups excluding carboxylic acids is 1. The standard InChI is InChI=1S/C16H28F3N3O.ClH/c1-2-22(12-16(17,18)19)15(23)14-4-3-9-21(11-14)10-13-5-7-20-8-6-13;/h13-14,20H,2-12H2,1H3;1H. The van der Waals surface area contributed by atoms with Crippen molar-refractivity contribution in [1.29, 1.82) is 0 Å². The van der Waals surface area contributed by atoms with Crippen LogP contribution in [0.15, 0.2) is 0 Å². The van der Waals surface area contributed by atoms with Gasteiger partial charge in [0.2, 0.25) is 5.91 Å². The van der Waals surface area contributed by atoms with Crippen molar-refractivity contribution in [2.75, 3.05) is 45.8 Å². The quantitative estimate of drug-likeness (QED) is 0.806. The molecular formula is C16H29ClF3N3O. The molecule has 0 radical (unpaired) electrons. The fourth-order valence-electron chi connectivity index (χ4n) is 3.67. The highest BCUT2D eigenvalue weighted by Crippen LogP contribution is 2.24. The fraction of sp³-hybridized carbons (Fsp3) is 0.938. The van der Waals surface area contributed by atoms with Crippen LogP contribution in [0.1, 0.15) is 32.6 Å². The van der Waals surface area contributed by atoms with E-state index in [9.17, 15) is 18.0 Å². The van der Waals surface area contributed by atoms with Crippen LogP contribution >= 0.6 is 12.4 Å². The van der Waals surface area contributed by atoms with Crippen molar-refractivity contribution in [2.45, 2.75) is 38.8 Å². The van der Waals surface area contributed by atoms with Crippen molar-refractivity contribution in [3.05, 3.63) is 0 Å². The second kappa shape index (κ2) is 9.82. The lowest BCUT2D eigenvalue weighted by molar-refractivity contribution is -0.164. The van der Waals surface area contributed by atoms with Gasteiger partial charge in [-0.2, -0.15) is 13.2 Å². The summed E-state index contributed by atoms with van der Waals surface area (Å²) < 4.78 is 37.8. The van der Waals surface area contributed by atoms with Gasteiger partial charge in [-0.1, -0.05) is 0 Å². The third-order valence-corrected chi connectivity index (χ3v) is 4.89. The number of alkyl halides is 3. The van der Waals surface area contributed by atoms with E-state index in [-0.39, 0.29) is 30.8 Å². The minimum Gasteiger partial charge on any atom is -0.334 e. The summed E-state index contributed by atoms with van der Waals surface area (Å²) >= 11 is 0. The molecule has 0 aromatic heterocycles. The Hall–Kier alpha value is -0.530. The van der Waals surface area contributed by atoms with Gasteiger partial charge in [0.15, 0.2) is 0 Å². The van der Waals surface area contributed by atoms with Crippen LogP contribution in [0.5, 0.6) is 0 Å². The van der Waals surface area contributed by atoms with Gasteiger partial charge in [-0.15, -0.1) is 12.4 Å². The number of carbonyl (C=O) groups is 1. The fourth-order valence-corrected chi connectivity index (χ4v) is 3.67. The smallest absolute Gasteiger partial charge is 0.334 e. The van der Waals surface area contributed by atoms with Crippen LogP contribution in [0, 0.1) is 11.8 Å². The molecule has 2 saturated heterocycles. The maximum Gasteiger partial charge on any atom is 0.406 e. The van der Waals surface area contributed by atoms with Gasteiger partial charge in [0, 0.05) is 19.6 Å². The van der Waals surface area contributed by atoms with Crippen molar-refractivity contribution in [3.63, 3.8) is 0 Å². The molecule has 2 rings (SSSR count). The van der Waals surface area contributed by atoms with Crippen LogP contribution in [0.2, 0.25) is 0 Å². The van der Waals surface area contributed by atoms with E-state index in [2.05, 4.69) is 10.2 Å². The molecule has 2 aliphatic rings. The average molecular weight is 372 g/mol. The summed E-state index contributed by atoms with van der Waals surface area (Å²) in [5.74, 6) is 0.0233. The van der Waals surface area contributed by atoms with E-state index in [0.717, 1.165) is 50.3 Å². The molecule has 1 N–H and O–H groups in total. The minimum atomic E-state index is -4.32. The van der Waals surface area contributed by atoms with Crippen LogP contribution in [0.3, 0.4) is 0 Å². The van der Waals surface area contributed by atoms with Gasteiger partial charge >= 0.3 is 6.18 Å². The van der Waals surface area contributed by atoms with E-state index >= 15 is 0 Å². The summed E-state index contributed by atoms with van der Waals surface area (Å²) in [6.07, 6.45) is -0.440. The van der Waals surface area contributed by atoms with E-state index in [1.54, 1.807) is 6.92 Å². The molecule has 0 aliphatic carbocycles. The molecule has 2 fully saturated rings. The monoisotopic (exact) mass is 371 g/mol. The summed E-state index contributed by atoms with van der Waals surface area (Å²) in [5.41, 5.74) is 0. The highest BCUT2D eigenvalue weighted by Gasteiger charge is 2.36. The molecule has 1 unspecified atom stereocenters. The van der Waals surface area contributed by atoms with Gasteiger partial charge in [-0.25, -0.2) is 0 Å². The van der Waals surface area contributed by atoms with Crippen molar-refractivity contribution in [2.24, 2.45) is 11.8 Å². The van der Waals surface area contributed by atoms with E-state index in [0.29, 0.717) is 18.9 Å². The number of piperidine rings is 2. The molecule has 1 atom stereocenters. The number of hydrogen-bond acceptors (Lipinski definition) is 3. The summed E-state index contributed by atoms with van der Waals surface area (Å²) in [7, 11) is 0. The number of nitrogens with one attached hydrogen (secondary N) is 1. The average Bonchev–Trinajstić information content (AvgIpc) is 2.52. The molecule has 0 aromatic carbocycles.